The summed E-state index contributed by atoms with van der Waals surface area (Å²) in [4.78, 5) is 23.2. The smallest absolute Gasteiger partial charge is 0.269 e. The fourth-order valence-corrected chi connectivity index (χ4v) is 1.65. The zero-order valence-corrected chi connectivity index (χ0v) is 12.9. The lowest BCUT2D eigenvalue weighted by atomic mass is 10.2. The maximum Gasteiger partial charge on any atom is 0.269 e. The van der Waals surface area contributed by atoms with Crippen LogP contribution in [0.4, 0.5) is 0 Å². The molecule has 116 valence electrons. The van der Waals surface area contributed by atoms with Gasteiger partial charge in [-0.25, -0.2) is 0 Å². The van der Waals surface area contributed by atoms with Crippen LogP contribution in [0.2, 0.25) is 0 Å². The third kappa shape index (κ3) is 5.33. The lowest BCUT2D eigenvalue weighted by Gasteiger charge is -2.14. The summed E-state index contributed by atoms with van der Waals surface area (Å²) in [5.41, 5.74) is 5.09. The molecule has 0 heterocycles. The molecular formula is C15H22N2O4. The molecule has 0 aliphatic heterocycles. The Kier molecular flexibility index (Phi) is 6.52. The van der Waals surface area contributed by atoms with E-state index in [0.29, 0.717) is 23.5 Å². The van der Waals surface area contributed by atoms with E-state index >= 15 is 0 Å². The predicted octanol–water partition coefficient (Wildman–Crippen LogP) is 2.04. The minimum atomic E-state index is -0.408. The van der Waals surface area contributed by atoms with Crippen molar-refractivity contribution in [3.8, 4) is 11.5 Å². The number of benzene rings is 1. The van der Waals surface area contributed by atoms with Crippen LogP contribution in [-0.4, -0.2) is 25.0 Å². The Morgan fingerprint density at radius 1 is 1.19 bits per heavy atom. The Hall–Kier alpha value is -2.24. The number of hydrogen-bond donors (Lipinski definition) is 2. The molecule has 2 N–H and O–H groups in total. The van der Waals surface area contributed by atoms with Crippen LogP contribution >= 0.6 is 0 Å². The monoisotopic (exact) mass is 294 g/mol. The number of ether oxygens (including phenoxy) is 2. The zero-order valence-electron chi connectivity index (χ0n) is 12.9. The first-order valence-electron chi connectivity index (χ1n) is 6.91. The van der Waals surface area contributed by atoms with Crippen LogP contribution in [0, 0.1) is 0 Å². The quantitative estimate of drug-likeness (QED) is 0.787. The summed E-state index contributed by atoms with van der Waals surface area (Å²) in [5, 5.41) is 0. The number of carbonyl (C=O) groups is 2. The van der Waals surface area contributed by atoms with Gasteiger partial charge in [0.15, 0.2) is 11.5 Å². The molecule has 0 aliphatic carbocycles. The van der Waals surface area contributed by atoms with Gasteiger partial charge in [0.25, 0.3) is 5.91 Å². The third-order valence-corrected chi connectivity index (χ3v) is 2.58. The summed E-state index contributed by atoms with van der Waals surface area (Å²) in [6.45, 7) is 5.70. The molecule has 21 heavy (non-hydrogen) atoms. The fraction of sp³-hybridized carbons (Fsp3) is 0.467. The number of rotatable bonds is 6. The van der Waals surface area contributed by atoms with E-state index in [1.165, 1.54) is 7.11 Å². The summed E-state index contributed by atoms with van der Waals surface area (Å²) in [5.74, 6) is 0.404. The van der Waals surface area contributed by atoms with Crippen LogP contribution in [0.1, 0.15) is 44.0 Å². The van der Waals surface area contributed by atoms with Crippen LogP contribution < -0.4 is 20.3 Å². The molecule has 0 bridgehead atoms. The van der Waals surface area contributed by atoms with Gasteiger partial charge in [0.05, 0.1) is 13.2 Å². The highest BCUT2D eigenvalue weighted by Crippen LogP contribution is 2.28. The van der Waals surface area contributed by atoms with Crippen LogP contribution in [0.25, 0.3) is 0 Å². The Balaban J connectivity index is 2.74. The SMILES string of the molecule is CCCC(=O)NNC(=O)c1ccc(OC(C)C)c(OC)c1. The summed E-state index contributed by atoms with van der Waals surface area (Å²) in [6, 6.07) is 4.85. The van der Waals surface area contributed by atoms with Crippen molar-refractivity contribution in [2.75, 3.05) is 7.11 Å². The standard InChI is InChI=1S/C15H22N2O4/c1-5-6-14(18)16-17-15(19)11-7-8-12(21-10(2)3)13(9-11)20-4/h7-10H,5-6H2,1-4H3,(H,16,18)(H,17,19). The van der Waals surface area contributed by atoms with Crippen molar-refractivity contribution in [3.05, 3.63) is 23.8 Å². The van der Waals surface area contributed by atoms with Crippen molar-refractivity contribution in [1.82, 2.24) is 10.9 Å². The van der Waals surface area contributed by atoms with E-state index in [9.17, 15) is 9.59 Å². The first-order chi connectivity index (χ1) is 9.97. The Morgan fingerprint density at radius 2 is 1.90 bits per heavy atom. The molecule has 6 heteroatoms. The number of hydrogen-bond acceptors (Lipinski definition) is 4. The molecule has 6 nitrogen and oxygen atoms in total. The second kappa shape index (κ2) is 8.14. The molecule has 1 rings (SSSR count). The molecule has 1 aromatic rings. The highest BCUT2D eigenvalue weighted by molar-refractivity contribution is 5.96. The highest BCUT2D eigenvalue weighted by atomic mass is 16.5. The van der Waals surface area contributed by atoms with Gasteiger partial charge < -0.3 is 9.47 Å². The van der Waals surface area contributed by atoms with Gasteiger partial charge in [-0.05, 0) is 38.5 Å². The van der Waals surface area contributed by atoms with Crippen LogP contribution in [-0.2, 0) is 4.79 Å². The molecular weight excluding hydrogens is 272 g/mol. The molecule has 0 aliphatic rings. The van der Waals surface area contributed by atoms with Crippen molar-refractivity contribution in [2.45, 2.75) is 39.7 Å². The van der Waals surface area contributed by atoms with E-state index in [-0.39, 0.29) is 12.0 Å². The molecule has 0 unspecified atom stereocenters. The van der Waals surface area contributed by atoms with Gasteiger partial charge in [-0.2, -0.15) is 0 Å². The molecule has 0 aromatic heterocycles. The average Bonchev–Trinajstić information content (AvgIpc) is 2.45. The summed E-state index contributed by atoms with van der Waals surface area (Å²) < 4.78 is 10.8. The summed E-state index contributed by atoms with van der Waals surface area (Å²) in [6.07, 6.45) is 1.09. The molecule has 0 fully saturated rings. The highest BCUT2D eigenvalue weighted by Gasteiger charge is 2.12. The van der Waals surface area contributed by atoms with Crippen LogP contribution in [0.5, 0.6) is 11.5 Å². The normalized spacial score (nSPS) is 10.1. The Morgan fingerprint density at radius 3 is 2.48 bits per heavy atom. The molecule has 0 radical (unpaired) electrons. The zero-order chi connectivity index (χ0) is 15.8. The van der Waals surface area contributed by atoms with E-state index in [1.54, 1.807) is 18.2 Å². The van der Waals surface area contributed by atoms with Crippen molar-refractivity contribution >= 4 is 11.8 Å². The predicted molar refractivity (Wildman–Crippen MR) is 79.3 cm³/mol. The molecule has 0 atom stereocenters. The van der Waals surface area contributed by atoms with Gasteiger partial charge in [-0.3, -0.25) is 20.4 Å². The van der Waals surface area contributed by atoms with Gasteiger partial charge in [-0.1, -0.05) is 6.92 Å². The maximum atomic E-state index is 11.9. The summed E-state index contributed by atoms with van der Waals surface area (Å²) >= 11 is 0. The van der Waals surface area contributed by atoms with E-state index in [1.807, 2.05) is 20.8 Å². The minimum absolute atomic E-state index is 0.00640. The number of nitrogens with one attached hydrogen (secondary N) is 2. The number of carbonyl (C=O) groups excluding carboxylic acids is 2. The van der Waals surface area contributed by atoms with Crippen molar-refractivity contribution < 1.29 is 19.1 Å². The topological polar surface area (TPSA) is 76.7 Å². The van der Waals surface area contributed by atoms with E-state index < -0.39 is 5.91 Å². The van der Waals surface area contributed by atoms with Gasteiger partial charge in [0.2, 0.25) is 5.91 Å². The van der Waals surface area contributed by atoms with Gasteiger partial charge >= 0.3 is 0 Å². The van der Waals surface area contributed by atoms with E-state index in [2.05, 4.69) is 10.9 Å². The lowest BCUT2D eigenvalue weighted by molar-refractivity contribution is -0.121. The largest absolute Gasteiger partial charge is 0.493 e. The van der Waals surface area contributed by atoms with Crippen LogP contribution in [0.15, 0.2) is 18.2 Å². The van der Waals surface area contributed by atoms with Crippen LogP contribution in [0.3, 0.4) is 0 Å². The molecule has 1 aromatic carbocycles. The number of methoxy groups -OCH3 is 1. The third-order valence-electron chi connectivity index (χ3n) is 2.58. The second-order valence-corrected chi connectivity index (χ2v) is 4.78. The second-order valence-electron chi connectivity index (χ2n) is 4.78. The van der Waals surface area contributed by atoms with Gasteiger partial charge in [-0.15, -0.1) is 0 Å². The van der Waals surface area contributed by atoms with Crippen molar-refractivity contribution in [2.24, 2.45) is 0 Å². The van der Waals surface area contributed by atoms with Gasteiger partial charge in [0.1, 0.15) is 0 Å². The molecule has 0 saturated heterocycles. The molecule has 0 saturated carbocycles. The number of amides is 2. The minimum Gasteiger partial charge on any atom is -0.493 e. The van der Waals surface area contributed by atoms with Gasteiger partial charge in [0, 0.05) is 12.0 Å². The van der Waals surface area contributed by atoms with E-state index in [0.717, 1.165) is 6.42 Å². The first-order valence-corrected chi connectivity index (χ1v) is 6.91. The maximum absolute atomic E-state index is 11.9. The molecule has 0 spiro atoms. The first kappa shape index (κ1) is 16.8. The molecule has 2 amide bonds. The Labute approximate surface area is 124 Å². The fourth-order valence-electron chi connectivity index (χ4n) is 1.65. The summed E-state index contributed by atoms with van der Waals surface area (Å²) in [7, 11) is 1.51. The lowest BCUT2D eigenvalue weighted by Crippen LogP contribution is -2.41. The Bertz CT molecular complexity index is 500. The number of hydrazine groups is 1. The van der Waals surface area contributed by atoms with E-state index in [4.69, 9.17) is 9.47 Å². The average molecular weight is 294 g/mol. The van der Waals surface area contributed by atoms with Crippen molar-refractivity contribution in [1.29, 1.82) is 0 Å². The van der Waals surface area contributed by atoms with Crippen molar-refractivity contribution in [3.63, 3.8) is 0 Å².